The van der Waals surface area contributed by atoms with E-state index in [1.165, 1.54) is 19.5 Å². The van der Waals surface area contributed by atoms with Crippen molar-refractivity contribution in [2.24, 2.45) is 0 Å². The lowest BCUT2D eigenvalue weighted by atomic mass is 10.3. The molecule has 2 rings (SSSR count). The molecule has 0 aromatic carbocycles. The van der Waals surface area contributed by atoms with Crippen LogP contribution >= 0.6 is 0 Å². The number of hydrogen-bond acceptors (Lipinski definition) is 5. The van der Waals surface area contributed by atoms with Gasteiger partial charge in [-0.2, -0.15) is 13.2 Å². The van der Waals surface area contributed by atoms with Gasteiger partial charge in [0.1, 0.15) is 12.5 Å². The minimum Gasteiger partial charge on any atom is -0.477 e. The second-order valence-corrected chi connectivity index (χ2v) is 4.53. The van der Waals surface area contributed by atoms with Crippen molar-refractivity contribution in [3.8, 4) is 11.8 Å². The normalized spacial score (nSPS) is 18.7. The van der Waals surface area contributed by atoms with E-state index in [9.17, 15) is 18.0 Å². The quantitative estimate of drug-likeness (QED) is 0.841. The number of hydrogen-bond donors (Lipinski definition) is 0. The molecule has 0 aliphatic carbocycles. The zero-order chi connectivity index (χ0) is 15.5. The van der Waals surface area contributed by atoms with Crippen LogP contribution in [-0.4, -0.2) is 53.3 Å². The molecular weight excluding hydrogens is 291 g/mol. The fourth-order valence-corrected chi connectivity index (χ4v) is 2.03. The topological polar surface area (TPSA) is 64.6 Å². The second kappa shape index (κ2) is 6.15. The first-order valence-electron chi connectivity index (χ1n) is 6.25. The number of carbonyl (C=O) groups is 1. The van der Waals surface area contributed by atoms with Crippen molar-refractivity contribution in [2.75, 3.05) is 20.2 Å². The van der Waals surface area contributed by atoms with Crippen LogP contribution in [-0.2, 0) is 4.79 Å². The van der Waals surface area contributed by atoms with Crippen LogP contribution < -0.4 is 9.47 Å². The summed E-state index contributed by atoms with van der Waals surface area (Å²) in [5, 5.41) is 0. The molecule has 1 saturated heterocycles. The molecule has 1 atom stereocenters. The van der Waals surface area contributed by atoms with Crippen LogP contribution in [0.25, 0.3) is 0 Å². The van der Waals surface area contributed by atoms with E-state index >= 15 is 0 Å². The Morgan fingerprint density at radius 3 is 2.67 bits per heavy atom. The Hall–Kier alpha value is -2.06. The van der Waals surface area contributed by atoms with E-state index in [1.54, 1.807) is 0 Å². The van der Waals surface area contributed by atoms with Gasteiger partial charge in [-0.3, -0.25) is 4.79 Å². The lowest BCUT2D eigenvalue weighted by molar-refractivity contribution is -0.160. The van der Waals surface area contributed by atoms with E-state index in [1.807, 2.05) is 0 Å². The largest absolute Gasteiger partial charge is 0.477 e. The van der Waals surface area contributed by atoms with Crippen molar-refractivity contribution in [3.05, 3.63) is 12.4 Å². The molecule has 116 valence electrons. The van der Waals surface area contributed by atoms with Gasteiger partial charge in [0, 0.05) is 25.4 Å². The molecule has 6 nitrogen and oxygen atoms in total. The van der Waals surface area contributed by atoms with Crippen LogP contribution in [0.4, 0.5) is 13.2 Å². The predicted molar refractivity (Wildman–Crippen MR) is 64.9 cm³/mol. The molecule has 0 unspecified atom stereocenters. The Bertz CT molecular complexity index is 510. The van der Waals surface area contributed by atoms with Gasteiger partial charge in [-0.25, -0.2) is 9.97 Å². The van der Waals surface area contributed by atoms with Crippen LogP contribution in [0.2, 0.25) is 0 Å². The van der Waals surface area contributed by atoms with Gasteiger partial charge in [0.2, 0.25) is 5.91 Å². The first-order chi connectivity index (χ1) is 9.89. The number of amides is 1. The number of likely N-dealkylation sites (tertiary alicyclic amines) is 1. The van der Waals surface area contributed by atoms with Gasteiger partial charge in [0.05, 0.1) is 13.7 Å². The van der Waals surface area contributed by atoms with Crippen LogP contribution in [0.1, 0.15) is 12.8 Å². The number of carbonyl (C=O) groups excluding carboxylic acids is 1. The lowest BCUT2D eigenvalue weighted by Crippen LogP contribution is -2.34. The highest BCUT2D eigenvalue weighted by molar-refractivity contribution is 5.77. The van der Waals surface area contributed by atoms with E-state index in [0.717, 1.165) is 4.90 Å². The van der Waals surface area contributed by atoms with Crippen molar-refractivity contribution < 1.29 is 27.4 Å². The smallest absolute Gasteiger partial charge is 0.397 e. The van der Waals surface area contributed by atoms with Gasteiger partial charge in [0.15, 0.2) is 0 Å². The van der Waals surface area contributed by atoms with Crippen molar-refractivity contribution in [1.29, 1.82) is 0 Å². The van der Waals surface area contributed by atoms with Gasteiger partial charge < -0.3 is 14.4 Å². The molecular formula is C12H14F3N3O3. The third-order valence-corrected chi connectivity index (χ3v) is 2.95. The Balaban J connectivity index is 1.92. The highest BCUT2D eigenvalue weighted by Crippen LogP contribution is 2.26. The maximum atomic E-state index is 12.2. The molecule has 1 amide bonds. The van der Waals surface area contributed by atoms with Crippen molar-refractivity contribution in [3.63, 3.8) is 0 Å². The summed E-state index contributed by atoms with van der Waals surface area (Å²) in [6, 6.07) is 0. The van der Waals surface area contributed by atoms with Gasteiger partial charge in [-0.1, -0.05) is 0 Å². The monoisotopic (exact) mass is 305 g/mol. The van der Waals surface area contributed by atoms with Crippen LogP contribution in [0, 0.1) is 0 Å². The summed E-state index contributed by atoms with van der Waals surface area (Å²) in [6.45, 7) is 0.316. The molecule has 0 radical (unpaired) electrons. The number of alkyl halides is 3. The Morgan fingerprint density at radius 1 is 1.38 bits per heavy atom. The fourth-order valence-electron chi connectivity index (χ4n) is 2.03. The Kier molecular flexibility index (Phi) is 4.49. The average molecular weight is 305 g/mol. The maximum absolute atomic E-state index is 12.2. The minimum atomic E-state index is -4.50. The molecule has 0 bridgehead atoms. The third-order valence-electron chi connectivity index (χ3n) is 2.95. The Labute approximate surface area is 118 Å². The van der Waals surface area contributed by atoms with Gasteiger partial charge in [-0.15, -0.1) is 0 Å². The SMILES string of the molecule is COc1nccnc1O[C@H]1CCN(C(=O)CC(F)(F)F)C1. The van der Waals surface area contributed by atoms with Crippen LogP contribution in [0.15, 0.2) is 12.4 Å². The summed E-state index contributed by atoms with van der Waals surface area (Å²) < 4.78 is 47.1. The van der Waals surface area contributed by atoms with Gasteiger partial charge in [-0.05, 0) is 0 Å². The number of halogens is 3. The molecule has 1 fully saturated rings. The molecule has 1 aliphatic rings. The number of ether oxygens (including phenoxy) is 2. The van der Waals surface area contributed by atoms with Crippen molar-refractivity contribution in [1.82, 2.24) is 14.9 Å². The van der Waals surface area contributed by atoms with E-state index in [2.05, 4.69) is 9.97 Å². The molecule has 2 heterocycles. The van der Waals surface area contributed by atoms with E-state index in [4.69, 9.17) is 9.47 Å². The van der Waals surface area contributed by atoms with Gasteiger partial charge >= 0.3 is 6.18 Å². The molecule has 0 saturated carbocycles. The summed E-state index contributed by atoms with van der Waals surface area (Å²) in [4.78, 5) is 20.5. The fraction of sp³-hybridized carbons (Fsp3) is 0.583. The highest BCUT2D eigenvalue weighted by Gasteiger charge is 2.36. The average Bonchev–Trinajstić information content (AvgIpc) is 2.86. The first kappa shape index (κ1) is 15.3. The minimum absolute atomic E-state index is 0.0919. The van der Waals surface area contributed by atoms with E-state index < -0.39 is 24.6 Å². The van der Waals surface area contributed by atoms with Crippen LogP contribution in [0.5, 0.6) is 11.8 Å². The van der Waals surface area contributed by atoms with Gasteiger partial charge in [0.25, 0.3) is 11.8 Å². The predicted octanol–water partition coefficient (Wildman–Crippen LogP) is 1.42. The second-order valence-electron chi connectivity index (χ2n) is 4.53. The molecule has 1 aromatic heterocycles. The van der Waals surface area contributed by atoms with Crippen LogP contribution in [0.3, 0.4) is 0 Å². The van der Waals surface area contributed by atoms with Crippen molar-refractivity contribution in [2.45, 2.75) is 25.1 Å². The lowest BCUT2D eigenvalue weighted by Gasteiger charge is -2.18. The summed E-state index contributed by atoms with van der Waals surface area (Å²) in [5.74, 6) is -0.590. The van der Waals surface area contributed by atoms with Crippen molar-refractivity contribution >= 4 is 5.91 Å². The highest BCUT2D eigenvalue weighted by atomic mass is 19.4. The molecule has 1 aliphatic heterocycles. The maximum Gasteiger partial charge on any atom is 0.397 e. The summed E-state index contributed by atoms with van der Waals surface area (Å²) in [6.07, 6.45) is -3.09. The standard InChI is InChI=1S/C12H14F3N3O3/c1-20-10-11(17-4-3-16-10)21-8-2-5-18(7-8)9(19)6-12(13,14)15/h3-4,8H,2,5-7H2,1H3/t8-/m0/s1. The summed E-state index contributed by atoms with van der Waals surface area (Å²) in [5.41, 5.74) is 0. The molecule has 0 N–H and O–H groups in total. The summed E-state index contributed by atoms with van der Waals surface area (Å²) >= 11 is 0. The zero-order valence-corrected chi connectivity index (χ0v) is 11.3. The molecule has 9 heteroatoms. The molecule has 0 spiro atoms. The Morgan fingerprint density at radius 2 is 2.05 bits per heavy atom. The van der Waals surface area contributed by atoms with E-state index in [0.29, 0.717) is 6.42 Å². The summed E-state index contributed by atoms with van der Waals surface area (Å²) in [7, 11) is 1.41. The number of rotatable bonds is 4. The number of nitrogens with zero attached hydrogens (tertiary/aromatic N) is 3. The number of methoxy groups -OCH3 is 1. The molecule has 21 heavy (non-hydrogen) atoms. The zero-order valence-electron chi connectivity index (χ0n) is 11.3. The first-order valence-corrected chi connectivity index (χ1v) is 6.25. The van der Waals surface area contributed by atoms with E-state index in [-0.39, 0.29) is 24.8 Å². The third kappa shape index (κ3) is 4.20. The molecule has 1 aromatic rings. The number of aromatic nitrogens is 2.